The molecule has 0 bridgehead atoms. The molecular formula is C14H17FN2O3. The number of benzene rings is 1. The molecule has 5 nitrogen and oxygen atoms in total. The lowest BCUT2D eigenvalue weighted by atomic mass is 10.1. The lowest BCUT2D eigenvalue weighted by Crippen LogP contribution is -2.36. The van der Waals surface area contributed by atoms with Crippen LogP contribution < -0.4 is 5.32 Å². The summed E-state index contributed by atoms with van der Waals surface area (Å²) in [5.74, 6) is -2.31. The summed E-state index contributed by atoms with van der Waals surface area (Å²) >= 11 is 0. The van der Waals surface area contributed by atoms with Crippen LogP contribution in [0.2, 0.25) is 0 Å². The van der Waals surface area contributed by atoms with Gasteiger partial charge in [-0.2, -0.15) is 0 Å². The highest BCUT2D eigenvalue weighted by atomic mass is 19.1. The van der Waals surface area contributed by atoms with Gasteiger partial charge in [-0.25, -0.2) is 14.0 Å². The zero-order chi connectivity index (χ0) is 15.1. The summed E-state index contributed by atoms with van der Waals surface area (Å²) in [6.45, 7) is 6.29. The highest BCUT2D eigenvalue weighted by Gasteiger charge is 2.19. The van der Waals surface area contributed by atoms with Crippen molar-refractivity contribution in [1.29, 1.82) is 0 Å². The second kappa shape index (κ2) is 7.28. The number of anilines is 1. The number of carbonyl (C=O) groups excluding carboxylic acids is 1. The van der Waals surface area contributed by atoms with Crippen molar-refractivity contribution in [3.8, 4) is 0 Å². The summed E-state index contributed by atoms with van der Waals surface area (Å²) in [6.07, 6.45) is 2.31. The first-order valence-corrected chi connectivity index (χ1v) is 6.19. The van der Waals surface area contributed by atoms with Crippen LogP contribution in [0.1, 0.15) is 23.7 Å². The highest BCUT2D eigenvalue weighted by molar-refractivity contribution is 6.00. The molecule has 0 fully saturated rings. The maximum Gasteiger partial charge on any atom is 0.340 e. The van der Waals surface area contributed by atoms with E-state index in [1.165, 1.54) is 17.0 Å². The maximum atomic E-state index is 13.5. The quantitative estimate of drug-likeness (QED) is 0.787. The lowest BCUT2D eigenvalue weighted by Gasteiger charge is -2.21. The van der Waals surface area contributed by atoms with E-state index < -0.39 is 23.4 Å². The number of urea groups is 1. The monoisotopic (exact) mass is 280 g/mol. The number of carboxylic acids is 1. The first-order valence-electron chi connectivity index (χ1n) is 6.19. The van der Waals surface area contributed by atoms with Crippen molar-refractivity contribution in [3.05, 3.63) is 42.2 Å². The van der Waals surface area contributed by atoms with Crippen molar-refractivity contribution in [1.82, 2.24) is 4.90 Å². The average Bonchev–Trinajstić information content (AvgIpc) is 2.38. The number of rotatable bonds is 6. The summed E-state index contributed by atoms with van der Waals surface area (Å²) in [7, 11) is 0. The Morgan fingerprint density at radius 2 is 2.20 bits per heavy atom. The number of hydrogen-bond donors (Lipinski definition) is 2. The van der Waals surface area contributed by atoms with Crippen molar-refractivity contribution in [2.24, 2.45) is 0 Å². The molecule has 0 unspecified atom stereocenters. The largest absolute Gasteiger partial charge is 0.478 e. The van der Waals surface area contributed by atoms with Crippen LogP contribution in [-0.4, -0.2) is 35.1 Å². The lowest BCUT2D eigenvalue weighted by molar-refractivity contribution is 0.0693. The Hall–Kier alpha value is -2.37. The third kappa shape index (κ3) is 3.81. The molecule has 0 heterocycles. The Bertz CT molecular complexity index is 517. The second-order valence-electron chi connectivity index (χ2n) is 4.13. The molecule has 0 aliphatic rings. The molecule has 2 N–H and O–H groups in total. The molecule has 0 saturated carbocycles. The number of aromatic carboxylic acids is 1. The predicted molar refractivity (Wildman–Crippen MR) is 74.4 cm³/mol. The molecule has 0 radical (unpaired) electrons. The smallest absolute Gasteiger partial charge is 0.340 e. The third-order valence-corrected chi connectivity index (χ3v) is 2.60. The van der Waals surface area contributed by atoms with E-state index in [1.807, 2.05) is 6.92 Å². The Balaban J connectivity index is 2.97. The van der Waals surface area contributed by atoms with Crippen molar-refractivity contribution in [2.75, 3.05) is 18.4 Å². The maximum absolute atomic E-state index is 13.5. The zero-order valence-corrected chi connectivity index (χ0v) is 11.2. The van der Waals surface area contributed by atoms with Gasteiger partial charge in [-0.15, -0.1) is 6.58 Å². The summed E-state index contributed by atoms with van der Waals surface area (Å²) in [6, 6.07) is 3.24. The van der Waals surface area contributed by atoms with Crippen LogP contribution in [0.4, 0.5) is 14.9 Å². The van der Waals surface area contributed by atoms with E-state index in [0.29, 0.717) is 13.1 Å². The fourth-order valence-electron chi connectivity index (χ4n) is 1.74. The number of nitrogens with one attached hydrogen (secondary N) is 1. The molecular weight excluding hydrogens is 263 g/mol. The minimum atomic E-state index is -1.43. The third-order valence-electron chi connectivity index (χ3n) is 2.60. The molecule has 0 aliphatic heterocycles. The van der Waals surface area contributed by atoms with E-state index >= 15 is 0 Å². The van der Waals surface area contributed by atoms with Crippen LogP contribution >= 0.6 is 0 Å². The van der Waals surface area contributed by atoms with Crippen molar-refractivity contribution in [3.63, 3.8) is 0 Å². The number of nitrogens with zero attached hydrogens (tertiary/aromatic N) is 1. The van der Waals surface area contributed by atoms with Crippen LogP contribution in [0.15, 0.2) is 30.9 Å². The Morgan fingerprint density at radius 1 is 1.50 bits per heavy atom. The number of carbonyl (C=O) groups is 2. The fourth-order valence-corrected chi connectivity index (χ4v) is 1.74. The molecule has 0 atom stereocenters. The van der Waals surface area contributed by atoms with Crippen LogP contribution in [0.3, 0.4) is 0 Å². The molecule has 6 heteroatoms. The highest BCUT2D eigenvalue weighted by Crippen LogP contribution is 2.19. The summed E-state index contributed by atoms with van der Waals surface area (Å²) < 4.78 is 13.5. The minimum Gasteiger partial charge on any atom is -0.478 e. The van der Waals surface area contributed by atoms with Gasteiger partial charge in [0.05, 0.1) is 5.69 Å². The standard InChI is InChI=1S/C14H17FN2O3/c1-3-8-17(9-4-2)14(20)16-11-7-5-6-10(15)12(11)13(18)19/h3,5-7H,1,4,8-9H2,2H3,(H,16,20)(H,18,19). The Labute approximate surface area is 116 Å². The van der Waals surface area contributed by atoms with Gasteiger partial charge in [-0.05, 0) is 18.6 Å². The van der Waals surface area contributed by atoms with Gasteiger partial charge in [-0.1, -0.05) is 19.1 Å². The number of hydrogen-bond acceptors (Lipinski definition) is 2. The van der Waals surface area contributed by atoms with Crippen LogP contribution in [0.25, 0.3) is 0 Å². The average molecular weight is 280 g/mol. The van der Waals surface area contributed by atoms with E-state index in [4.69, 9.17) is 5.11 Å². The van der Waals surface area contributed by atoms with Gasteiger partial charge in [0.25, 0.3) is 0 Å². The molecule has 0 aromatic heterocycles. The van der Waals surface area contributed by atoms with Gasteiger partial charge in [0.1, 0.15) is 11.4 Å². The van der Waals surface area contributed by atoms with E-state index in [1.54, 1.807) is 6.08 Å². The molecule has 0 aliphatic carbocycles. The Kier molecular flexibility index (Phi) is 5.71. The molecule has 0 spiro atoms. The molecule has 1 aromatic rings. The van der Waals surface area contributed by atoms with Gasteiger partial charge in [0.15, 0.2) is 0 Å². The van der Waals surface area contributed by atoms with Crippen molar-refractivity contribution >= 4 is 17.7 Å². The van der Waals surface area contributed by atoms with Crippen molar-refractivity contribution < 1.29 is 19.1 Å². The van der Waals surface area contributed by atoms with E-state index in [0.717, 1.165) is 12.5 Å². The number of halogens is 1. The van der Waals surface area contributed by atoms with Gasteiger partial charge < -0.3 is 15.3 Å². The second-order valence-corrected chi connectivity index (χ2v) is 4.13. The number of amides is 2. The van der Waals surface area contributed by atoms with Gasteiger partial charge in [0, 0.05) is 13.1 Å². The summed E-state index contributed by atoms with van der Waals surface area (Å²) in [5, 5.41) is 11.4. The van der Waals surface area contributed by atoms with Crippen LogP contribution in [-0.2, 0) is 0 Å². The molecule has 0 saturated heterocycles. The van der Waals surface area contributed by atoms with Crippen LogP contribution in [0.5, 0.6) is 0 Å². The zero-order valence-electron chi connectivity index (χ0n) is 11.2. The molecule has 20 heavy (non-hydrogen) atoms. The predicted octanol–water partition coefficient (Wildman–Crippen LogP) is 2.95. The topological polar surface area (TPSA) is 69.6 Å². The van der Waals surface area contributed by atoms with Gasteiger partial charge in [0.2, 0.25) is 0 Å². The van der Waals surface area contributed by atoms with Crippen LogP contribution in [0, 0.1) is 5.82 Å². The SMILES string of the molecule is C=CCN(CCC)C(=O)Nc1cccc(F)c1C(=O)O. The summed E-state index contributed by atoms with van der Waals surface area (Å²) in [4.78, 5) is 24.5. The van der Waals surface area contributed by atoms with E-state index in [2.05, 4.69) is 11.9 Å². The van der Waals surface area contributed by atoms with E-state index in [9.17, 15) is 14.0 Å². The minimum absolute atomic E-state index is 0.0623. The van der Waals surface area contributed by atoms with Gasteiger partial charge in [-0.3, -0.25) is 0 Å². The van der Waals surface area contributed by atoms with E-state index in [-0.39, 0.29) is 5.69 Å². The molecule has 1 rings (SSSR count). The summed E-state index contributed by atoms with van der Waals surface area (Å²) in [5.41, 5.74) is -0.608. The fraction of sp³-hybridized carbons (Fsp3) is 0.286. The van der Waals surface area contributed by atoms with Gasteiger partial charge >= 0.3 is 12.0 Å². The van der Waals surface area contributed by atoms with Crippen molar-refractivity contribution in [2.45, 2.75) is 13.3 Å². The molecule has 108 valence electrons. The Morgan fingerprint density at radius 3 is 2.75 bits per heavy atom. The first-order chi connectivity index (χ1) is 9.51. The first kappa shape index (κ1) is 15.7. The molecule has 1 aromatic carbocycles. The molecule has 2 amide bonds. The normalized spacial score (nSPS) is 9.90. The number of carboxylic acid groups (broad SMARTS) is 1.